The summed E-state index contributed by atoms with van der Waals surface area (Å²) in [7, 11) is 0. The monoisotopic (exact) mass is 284 g/mol. The topological polar surface area (TPSA) is 55.1 Å². The lowest BCUT2D eigenvalue weighted by atomic mass is 10.1. The van der Waals surface area contributed by atoms with E-state index in [-0.39, 0.29) is 11.4 Å². The van der Waals surface area contributed by atoms with Crippen molar-refractivity contribution in [1.82, 2.24) is 9.55 Å². The lowest BCUT2D eigenvalue weighted by Crippen LogP contribution is -2.04. The average Bonchev–Trinajstić information content (AvgIpc) is 2.77. The maximum atomic E-state index is 13.4. The van der Waals surface area contributed by atoms with Gasteiger partial charge in [-0.25, -0.2) is 14.2 Å². The van der Waals surface area contributed by atoms with Gasteiger partial charge in [0.25, 0.3) is 0 Å². The number of fused-ring (bicyclic) bond motifs is 1. The van der Waals surface area contributed by atoms with Crippen LogP contribution in [0.25, 0.3) is 16.7 Å². The van der Waals surface area contributed by atoms with Crippen molar-refractivity contribution in [2.24, 2.45) is 0 Å². The van der Waals surface area contributed by atoms with Crippen LogP contribution in [0.4, 0.5) is 4.39 Å². The van der Waals surface area contributed by atoms with E-state index in [0.29, 0.717) is 28.1 Å². The molecule has 0 radical (unpaired) electrons. The number of carboxylic acid groups (broad SMARTS) is 1. The molecule has 3 aromatic rings. The molecule has 0 amide bonds. The molecule has 106 valence electrons. The predicted octanol–water partition coefficient (Wildman–Crippen LogP) is 3.48. The minimum Gasteiger partial charge on any atom is -0.478 e. The molecular weight excluding hydrogens is 271 g/mol. The van der Waals surface area contributed by atoms with Crippen molar-refractivity contribution in [1.29, 1.82) is 0 Å². The molecular formula is C16H13FN2O2. The fourth-order valence-electron chi connectivity index (χ4n) is 2.50. The molecule has 0 unspecified atom stereocenters. The van der Waals surface area contributed by atoms with Crippen LogP contribution in [0.15, 0.2) is 36.4 Å². The number of carbonyl (C=O) groups is 1. The van der Waals surface area contributed by atoms with E-state index >= 15 is 0 Å². The average molecular weight is 284 g/mol. The van der Waals surface area contributed by atoms with E-state index in [9.17, 15) is 14.3 Å². The Morgan fingerprint density at radius 2 is 2.00 bits per heavy atom. The van der Waals surface area contributed by atoms with Crippen LogP contribution in [0.5, 0.6) is 0 Å². The van der Waals surface area contributed by atoms with Crippen LogP contribution in [0.3, 0.4) is 0 Å². The van der Waals surface area contributed by atoms with Gasteiger partial charge in [0.15, 0.2) is 0 Å². The number of para-hydroxylation sites is 1. The van der Waals surface area contributed by atoms with Gasteiger partial charge in [-0.1, -0.05) is 6.07 Å². The number of imidazole rings is 1. The molecule has 0 saturated carbocycles. The van der Waals surface area contributed by atoms with Crippen molar-refractivity contribution in [3.63, 3.8) is 0 Å². The molecule has 0 spiro atoms. The quantitative estimate of drug-likeness (QED) is 0.783. The molecule has 2 aromatic carbocycles. The minimum absolute atomic E-state index is 0.176. The van der Waals surface area contributed by atoms with Crippen molar-refractivity contribution in [2.45, 2.75) is 13.8 Å². The standard InChI is InChI=1S/C16H13FN2O2/c1-9-8-11(6-7-13(9)17)19-10(2)18-14-5-3-4-12(15(14)19)16(20)21/h3-8H,1-2H3,(H,20,21). The Labute approximate surface area is 120 Å². The highest BCUT2D eigenvalue weighted by atomic mass is 19.1. The Bertz CT molecular complexity index is 868. The number of aromatic nitrogens is 2. The van der Waals surface area contributed by atoms with E-state index in [1.54, 1.807) is 48.7 Å². The third-order valence-corrected chi connectivity index (χ3v) is 3.47. The van der Waals surface area contributed by atoms with Gasteiger partial charge in [-0.2, -0.15) is 0 Å². The zero-order chi connectivity index (χ0) is 15.1. The van der Waals surface area contributed by atoms with E-state index < -0.39 is 5.97 Å². The van der Waals surface area contributed by atoms with E-state index in [0.717, 1.165) is 0 Å². The number of hydrogen-bond donors (Lipinski definition) is 1. The first-order valence-electron chi connectivity index (χ1n) is 6.47. The van der Waals surface area contributed by atoms with E-state index in [2.05, 4.69) is 4.98 Å². The maximum absolute atomic E-state index is 13.4. The van der Waals surface area contributed by atoms with Crippen molar-refractivity contribution < 1.29 is 14.3 Å². The molecule has 5 heteroatoms. The van der Waals surface area contributed by atoms with Crippen LogP contribution in [-0.2, 0) is 0 Å². The molecule has 0 fully saturated rings. The van der Waals surface area contributed by atoms with E-state index in [1.165, 1.54) is 6.07 Å². The molecule has 1 heterocycles. The van der Waals surface area contributed by atoms with Crippen LogP contribution >= 0.6 is 0 Å². The number of hydrogen-bond acceptors (Lipinski definition) is 2. The molecule has 0 aliphatic carbocycles. The summed E-state index contributed by atoms with van der Waals surface area (Å²) in [6, 6.07) is 9.65. The summed E-state index contributed by atoms with van der Waals surface area (Å²) in [5.41, 5.74) is 2.50. The number of benzene rings is 2. The largest absolute Gasteiger partial charge is 0.478 e. The highest BCUT2D eigenvalue weighted by Crippen LogP contribution is 2.25. The molecule has 0 aliphatic rings. The Hall–Kier alpha value is -2.69. The minimum atomic E-state index is -1.01. The first-order chi connectivity index (χ1) is 9.99. The SMILES string of the molecule is Cc1cc(-n2c(C)nc3cccc(C(=O)O)c32)ccc1F. The van der Waals surface area contributed by atoms with Crippen molar-refractivity contribution in [3.05, 3.63) is 59.2 Å². The highest BCUT2D eigenvalue weighted by Gasteiger charge is 2.17. The molecule has 1 N–H and O–H groups in total. The van der Waals surface area contributed by atoms with Crippen LogP contribution < -0.4 is 0 Å². The van der Waals surface area contributed by atoms with Gasteiger partial charge in [0, 0.05) is 5.69 Å². The Morgan fingerprint density at radius 1 is 1.24 bits per heavy atom. The molecule has 0 bridgehead atoms. The zero-order valence-corrected chi connectivity index (χ0v) is 11.6. The summed E-state index contributed by atoms with van der Waals surface area (Å²) in [6.45, 7) is 3.47. The number of carboxylic acids is 1. The van der Waals surface area contributed by atoms with Gasteiger partial charge in [0.2, 0.25) is 0 Å². The van der Waals surface area contributed by atoms with Gasteiger partial charge in [0.05, 0.1) is 16.6 Å². The molecule has 0 atom stereocenters. The predicted molar refractivity (Wildman–Crippen MR) is 77.5 cm³/mol. The van der Waals surface area contributed by atoms with Gasteiger partial charge in [0.1, 0.15) is 11.6 Å². The van der Waals surface area contributed by atoms with Crippen LogP contribution in [0.2, 0.25) is 0 Å². The third kappa shape index (κ3) is 2.07. The lowest BCUT2D eigenvalue weighted by molar-refractivity contribution is 0.0698. The normalized spacial score (nSPS) is 11.0. The molecule has 4 nitrogen and oxygen atoms in total. The van der Waals surface area contributed by atoms with Crippen molar-refractivity contribution >= 4 is 17.0 Å². The number of rotatable bonds is 2. The molecule has 0 saturated heterocycles. The summed E-state index contributed by atoms with van der Waals surface area (Å²) in [5.74, 6) is -0.649. The maximum Gasteiger partial charge on any atom is 0.337 e. The number of aryl methyl sites for hydroxylation is 2. The van der Waals surface area contributed by atoms with Gasteiger partial charge >= 0.3 is 5.97 Å². The lowest BCUT2D eigenvalue weighted by Gasteiger charge is -2.10. The Balaban J connectivity index is 2.38. The number of aromatic carboxylic acids is 1. The van der Waals surface area contributed by atoms with Gasteiger partial charge in [-0.05, 0) is 49.7 Å². The molecule has 1 aromatic heterocycles. The fraction of sp³-hybridized carbons (Fsp3) is 0.125. The molecule has 0 aliphatic heterocycles. The van der Waals surface area contributed by atoms with E-state index in [4.69, 9.17) is 0 Å². The fourth-order valence-corrected chi connectivity index (χ4v) is 2.50. The zero-order valence-electron chi connectivity index (χ0n) is 11.6. The second-order valence-corrected chi connectivity index (χ2v) is 4.91. The van der Waals surface area contributed by atoms with Gasteiger partial charge in [-0.3, -0.25) is 4.57 Å². The summed E-state index contributed by atoms with van der Waals surface area (Å²) in [4.78, 5) is 15.8. The summed E-state index contributed by atoms with van der Waals surface area (Å²) in [5, 5.41) is 9.36. The van der Waals surface area contributed by atoms with Crippen molar-refractivity contribution in [3.8, 4) is 5.69 Å². The molecule has 3 rings (SSSR count). The van der Waals surface area contributed by atoms with Gasteiger partial charge in [-0.15, -0.1) is 0 Å². The smallest absolute Gasteiger partial charge is 0.337 e. The van der Waals surface area contributed by atoms with Crippen LogP contribution in [-0.4, -0.2) is 20.6 Å². The van der Waals surface area contributed by atoms with E-state index in [1.807, 2.05) is 0 Å². The Kier molecular flexibility index (Phi) is 2.97. The number of nitrogens with zero attached hydrogens (tertiary/aromatic N) is 2. The first kappa shape index (κ1) is 13.3. The van der Waals surface area contributed by atoms with Crippen molar-refractivity contribution in [2.75, 3.05) is 0 Å². The van der Waals surface area contributed by atoms with Crippen LogP contribution in [0, 0.1) is 19.7 Å². The second kappa shape index (κ2) is 4.70. The van der Waals surface area contributed by atoms with Gasteiger partial charge < -0.3 is 5.11 Å². The van der Waals surface area contributed by atoms with Crippen LogP contribution in [0.1, 0.15) is 21.7 Å². The number of halogens is 1. The summed E-state index contributed by atoms with van der Waals surface area (Å²) in [6.07, 6.45) is 0. The third-order valence-electron chi connectivity index (χ3n) is 3.47. The summed E-state index contributed by atoms with van der Waals surface area (Å²) < 4.78 is 15.2. The summed E-state index contributed by atoms with van der Waals surface area (Å²) >= 11 is 0. The Morgan fingerprint density at radius 3 is 2.67 bits per heavy atom. The highest BCUT2D eigenvalue weighted by molar-refractivity contribution is 6.01. The second-order valence-electron chi connectivity index (χ2n) is 4.91. The molecule has 21 heavy (non-hydrogen) atoms. The first-order valence-corrected chi connectivity index (χ1v) is 6.47.